The molecule has 2 saturated heterocycles. The predicted octanol–water partition coefficient (Wildman–Crippen LogP) is 2.60. The van der Waals surface area contributed by atoms with Gasteiger partial charge in [-0.05, 0) is 52.0 Å². The summed E-state index contributed by atoms with van der Waals surface area (Å²) in [4.78, 5) is 5.61. The molecule has 3 rings (SSSR count). The average molecular weight is 279 g/mol. The van der Waals surface area contributed by atoms with Crippen LogP contribution in [0.15, 0.2) is 0 Å². The number of rotatable bonds is 4. The minimum Gasteiger partial charge on any atom is -0.329 e. The molecule has 3 nitrogen and oxygen atoms in total. The molecule has 0 aromatic rings. The first-order valence-electron chi connectivity index (χ1n) is 8.93. The Morgan fingerprint density at radius 3 is 2.60 bits per heavy atom. The van der Waals surface area contributed by atoms with Crippen LogP contribution >= 0.6 is 0 Å². The highest BCUT2D eigenvalue weighted by Crippen LogP contribution is 2.41. The molecule has 3 atom stereocenters. The smallest absolute Gasteiger partial charge is 0.0476 e. The molecule has 1 saturated carbocycles. The summed E-state index contributed by atoms with van der Waals surface area (Å²) in [5, 5.41) is 0. The number of hydrogen-bond donors (Lipinski definition) is 1. The molecule has 0 amide bonds. The second kappa shape index (κ2) is 5.94. The highest BCUT2D eigenvalue weighted by Gasteiger charge is 2.50. The first-order valence-corrected chi connectivity index (χ1v) is 8.93. The zero-order valence-electron chi connectivity index (χ0n) is 13.5. The topological polar surface area (TPSA) is 32.5 Å². The standard InChI is InChI=1S/C17H33N3/c1-3-15-7-5-4-6-10-20(15)17(12-18)11-14(2)19(13-17)16-8-9-16/h14-16H,3-13,18H2,1-2H3. The van der Waals surface area contributed by atoms with E-state index < -0.39 is 0 Å². The Balaban J connectivity index is 1.79. The quantitative estimate of drug-likeness (QED) is 0.858. The maximum absolute atomic E-state index is 6.34. The van der Waals surface area contributed by atoms with Gasteiger partial charge in [0, 0.05) is 36.8 Å². The second-order valence-electron chi connectivity index (χ2n) is 7.49. The lowest BCUT2D eigenvalue weighted by molar-refractivity contribution is 0.0522. The van der Waals surface area contributed by atoms with E-state index in [2.05, 4.69) is 23.6 Å². The van der Waals surface area contributed by atoms with Gasteiger partial charge in [0.15, 0.2) is 0 Å². The van der Waals surface area contributed by atoms with E-state index in [0.717, 1.165) is 24.7 Å². The number of likely N-dealkylation sites (tertiary alicyclic amines) is 2. The van der Waals surface area contributed by atoms with Crippen molar-refractivity contribution in [2.24, 2.45) is 5.73 Å². The molecule has 3 heteroatoms. The van der Waals surface area contributed by atoms with Crippen LogP contribution in [0.1, 0.15) is 65.2 Å². The molecule has 3 aliphatic rings. The summed E-state index contributed by atoms with van der Waals surface area (Å²) < 4.78 is 0. The number of nitrogens with zero attached hydrogens (tertiary/aromatic N) is 2. The van der Waals surface area contributed by atoms with Gasteiger partial charge in [-0.25, -0.2) is 0 Å². The third kappa shape index (κ3) is 2.65. The Hall–Kier alpha value is -0.120. The monoisotopic (exact) mass is 279 g/mol. The van der Waals surface area contributed by atoms with Gasteiger partial charge in [0.05, 0.1) is 0 Å². The number of nitrogens with two attached hydrogens (primary N) is 1. The van der Waals surface area contributed by atoms with Crippen molar-refractivity contribution >= 4 is 0 Å². The molecule has 0 radical (unpaired) electrons. The Kier molecular flexibility index (Phi) is 4.40. The van der Waals surface area contributed by atoms with Crippen molar-refractivity contribution in [1.29, 1.82) is 0 Å². The van der Waals surface area contributed by atoms with Crippen LogP contribution in [0, 0.1) is 0 Å². The van der Waals surface area contributed by atoms with Gasteiger partial charge in [-0.2, -0.15) is 0 Å². The molecule has 1 aliphatic carbocycles. The minimum absolute atomic E-state index is 0.271. The van der Waals surface area contributed by atoms with Gasteiger partial charge in [0.25, 0.3) is 0 Å². The highest BCUT2D eigenvalue weighted by molar-refractivity contribution is 5.08. The molecule has 2 aliphatic heterocycles. The summed E-state index contributed by atoms with van der Waals surface area (Å²) in [5.74, 6) is 0. The summed E-state index contributed by atoms with van der Waals surface area (Å²) in [6, 6.07) is 2.38. The van der Waals surface area contributed by atoms with Gasteiger partial charge in [-0.15, -0.1) is 0 Å². The van der Waals surface area contributed by atoms with Crippen molar-refractivity contribution < 1.29 is 0 Å². The van der Waals surface area contributed by atoms with Crippen LogP contribution < -0.4 is 5.73 Å². The van der Waals surface area contributed by atoms with E-state index in [4.69, 9.17) is 5.73 Å². The molecule has 0 spiro atoms. The molecule has 116 valence electrons. The Bertz CT molecular complexity index is 328. The van der Waals surface area contributed by atoms with E-state index in [1.807, 2.05) is 0 Å². The van der Waals surface area contributed by atoms with Crippen LogP contribution in [0.3, 0.4) is 0 Å². The fourth-order valence-electron chi connectivity index (χ4n) is 4.82. The van der Waals surface area contributed by atoms with E-state index in [1.54, 1.807) is 0 Å². The average Bonchev–Trinajstić information content (AvgIpc) is 3.26. The van der Waals surface area contributed by atoms with Crippen molar-refractivity contribution in [1.82, 2.24) is 9.80 Å². The van der Waals surface area contributed by atoms with Crippen LogP contribution in [-0.4, -0.2) is 53.1 Å². The van der Waals surface area contributed by atoms with Crippen LogP contribution in [0.5, 0.6) is 0 Å². The Morgan fingerprint density at radius 1 is 1.15 bits per heavy atom. The normalized spacial score (nSPS) is 41.0. The summed E-state index contributed by atoms with van der Waals surface area (Å²) in [5.41, 5.74) is 6.62. The van der Waals surface area contributed by atoms with Crippen molar-refractivity contribution in [3.05, 3.63) is 0 Å². The molecule has 0 bridgehead atoms. The summed E-state index contributed by atoms with van der Waals surface area (Å²) in [6.07, 6.45) is 11.0. The summed E-state index contributed by atoms with van der Waals surface area (Å²) in [6.45, 7) is 8.14. The molecule has 2 heterocycles. The van der Waals surface area contributed by atoms with Crippen molar-refractivity contribution in [2.45, 2.75) is 88.9 Å². The third-order valence-electron chi connectivity index (χ3n) is 6.07. The summed E-state index contributed by atoms with van der Waals surface area (Å²) >= 11 is 0. The molecule has 3 unspecified atom stereocenters. The predicted molar refractivity (Wildman–Crippen MR) is 84.8 cm³/mol. The van der Waals surface area contributed by atoms with E-state index in [1.165, 1.54) is 64.5 Å². The largest absolute Gasteiger partial charge is 0.329 e. The third-order valence-corrected chi connectivity index (χ3v) is 6.07. The Morgan fingerprint density at radius 2 is 1.95 bits per heavy atom. The fraction of sp³-hybridized carbons (Fsp3) is 1.00. The highest BCUT2D eigenvalue weighted by atomic mass is 15.3. The van der Waals surface area contributed by atoms with Crippen LogP contribution in [0.2, 0.25) is 0 Å². The first kappa shape index (κ1) is 14.8. The van der Waals surface area contributed by atoms with Gasteiger partial charge >= 0.3 is 0 Å². The lowest BCUT2D eigenvalue weighted by atomic mass is 9.91. The minimum atomic E-state index is 0.271. The lowest BCUT2D eigenvalue weighted by Crippen LogP contribution is -2.59. The number of hydrogen-bond acceptors (Lipinski definition) is 3. The van der Waals surface area contributed by atoms with Crippen LogP contribution in [0.4, 0.5) is 0 Å². The molecule has 0 aromatic carbocycles. The molecule has 3 fully saturated rings. The Labute approximate surface area is 124 Å². The lowest BCUT2D eigenvalue weighted by Gasteiger charge is -2.45. The SMILES string of the molecule is CCC1CCCCCN1C1(CN)CC(C)N(C2CC2)C1. The summed E-state index contributed by atoms with van der Waals surface area (Å²) in [7, 11) is 0. The maximum atomic E-state index is 6.34. The van der Waals surface area contributed by atoms with Gasteiger partial charge < -0.3 is 5.73 Å². The van der Waals surface area contributed by atoms with Gasteiger partial charge in [-0.3, -0.25) is 9.80 Å². The molecule has 20 heavy (non-hydrogen) atoms. The van der Waals surface area contributed by atoms with E-state index >= 15 is 0 Å². The first-order chi connectivity index (χ1) is 9.70. The van der Waals surface area contributed by atoms with Gasteiger partial charge in [0.2, 0.25) is 0 Å². The van der Waals surface area contributed by atoms with Crippen molar-refractivity contribution in [3.8, 4) is 0 Å². The molecular formula is C17H33N3. The van der Waals surface area contributed by atoms with E-state index in [-0.39, 0.29) is 5.54 Å². The van der Waals surface area contributed by atoms with E-state index in [9.17, 15) is 0 Å². The van der Waals surface area contributed by atoms with E-state index in [0.29, 0.717) is 0 Å². The fourth-order valence-corrected chi connectivity index (χ4v) is 4.82. The molecule has 0 aromatic heterocycles. The van der Waals surface area contributed by atoms with Crippen LogP contribution in [-0.2, 0) is 0 Å². The van der Waals surface area contributed by atoms with Crippen molar-refractivity contribution in [3.63, 3.8) is 0 Å². The zero-order valence-corrected chi connectivity index (χ0v) is 13.5. The van der Waals surface area contributed by atoms with Gasteiger partial charge in [0.1, 0.15) is 0 Å². The molecule has 2 N–H and O–H groups in total. The van der Waals surface area contributed by atoms with Crippen LogP contribution in [0.25, 0.3) is 0 Å². The maximum Gasteiger partial charge on any atom is 0.0476 e. The van der Waals surface area contributed by atoms with Gasteiger partial charge in [-0.1, -0.05) is 19.8 Å². The van der Waals surface area contributed by atoms with Crippen molar-refractivity contribution in [2.75, 3.05) is 19.6 Å². The zero-order chi connectivity index (χ0) is 14.2. The molecular weight excluding hydrogens is 246 g/mol. The second-order valence-corrected chi connectivity index (χ2v) is 7.49.